The molecule has 1 saturated carbocycles. The molecule has 0 aliphatic heterocycles. The van der Waals surface area contributed by atoms with Gasteiger partial charge in [-0.25, -0.2) is 4.98 Å². The molecule has 2 atom stereocenters. The summed E-state index contributed by atoms with van der Waals surface area (Å²) in [7, 11) is 1.89. The van der Waals surface area contributed by atoms with Gasteiger partial charge in [-0.3, -0.25) is 9.48 Å². The fraction of sp³-hybridized carbons (Fsp3) is 0.769. The standard InChI is InChI=1S/C13H21N3O/c1-3-4-10-5-6-12(17)11(7-10)8-13-14-9-15-16(13)2/h9-11H,3-8H2,1-2H3. The van der Waals surface area contributed by atoms with Crippen LogP contribution in [0.25, 0.3) is 0 Å². The highest BCUT2D eigenvalue weighted by Crippen LogP contribution is 2.31. The molecule has 1 aliphatic rings. The highest BCUT2D eigenvalue weighted by atomic mass is 16.1. The van der Waals surface area contributed by atoms with Gasteiger partial charge in [0.25, 0.3) is 0 Å². The Morgan fingerprint density at radius 3 is 3.00 bits per heavy atom. The number of hydrogen-bond acceptors (Lipinski definition) is 3. The molecule has 0 N–H and O–H groups in total. The van der Waals surface area contributed by atoms with Crippen molar-refractivity contribution in [1.82, 2.24) is 14.8 Å². The Balaban J connectivity index is 1.98. The second-order valence-electron chi connectivity index (χ2n) is 5.10. The van der Waals surface area contributed by atoms with Gasteiger partial charge in [0.15, 0.2) is 0 Å². The predicted octanol–water partition coefficient (Wildman–Crippen LogP) is 2.14. The number of carbonyl (C=O) groups is 1. The number of hydrogen-bond donors (Lipinski definition) is 0. The molecule has 1 fully saturated rings. The van der Waals surface area contributed by atoms with Crippen molar-refractivity contribution in [2.24, 2.45) is 18.9 Å². The number of aryl methyl sites for hydroxylation is 1. The van der Waals surface area contributed by atoms with Gasteiger partial charge >= 0.3 is 0 Å². The van der Waals surface area contributed by atoms with Crippen LogP contribution in [-0.2, 0) is 18.3 Å². The van der Waals surface area contributed by atoms with Crippen LogP contribution < -0.4 is 0 Å². The normalized spacial score (nSPS) is 25.2. The van der Waals surface area contributed by atoms with Crippen LogP contribution in [0.1, 0.15) is 44.9 Å². The molecule has 2 unspecified atom stereocenters. The van der Waals surface area contributed by atoms with E-state index in [0.717, 1.165) is 37.4 Å². The monoisotopic (exact) mass is 235 g/mol. The quantitative estimate of drug-likeness (QED) is 0.803. The topological polar surface area (TPSA) is 47.8 Å². The van der Waals surface area contributed by atoms with E-state index in [1.165, 1.54) is 12.8 Å². The highest BCUT2D eigenvalue weighted by molar-refractivity contribution is 5.81. The van der Waals surface area contributed by atoms with Crippen LogP contribution in [0.5, 0.6) is 0 Å². The van der Waals surface area contributed by atoms with Crippen molar-refractivity contribution in [3.8, 4) is 0 Å². The first kappa shape index (κ1) is 12.3. The molecule has 0 saturated heterocycles. The van der Waals surface area contributed by atoms with Crippen LogP contribution in [0.4, 0.5) is 0 Å². The third kappa shape index (κ3) is 2.93. The Labute approximate surface area is 102 Å². The lowest BCUT2D eigenvalue weighted by atomic mass is 9.77. The van der Waals surface area contributed by atoms with Crippen LogP contribution in [-0.4, -0.2) is 20.5 Å². The van der Waals surface area contributed by atoms with Gasteiger partial charge in [0, 0.05) is 25.8 Å². The summed E-state index contributed by atoms with van der Waals surface area (Å²) >= 11 is 0. The van der Waals surface area contributed by atoms with Crippen molar-refractivity contribution in [2.45, 2.75) is 45.4 Å². The maximum absolute atomic E-state index is 11.9. The van der Waals surface area contributed by atoms with Crippen molar-refractivity contribution in [3.63, 3.8) is 0 Å². The number of rotatable bonds is 4. The van der Waals surface area contributed by atoms with Crippen LogP contribution in [0.15, 0.2) is 6.33 Å². The highest BCUT2D eigenvalue weighted by Gasteiger charge is 2.29. The summed E-state index contributed by atoms with van der Waals surface area (Å²) in [4.78, 5) is 16.1. The van der Waals surface area contributed by atoms with Crippen LogP contribution in [0.2, 0.25) is 0 Å². The first-order valence-corrected chi connectivity index (χ1v) is 6.56. The number of carbonyl (C=O) groups excluding carboxylic acids is 1. The van der Waals surface area contributed by atoms with Gasteiger partial charge in [-0.05, 0) is 18.8 Å². The van der Waals surface area contributed by atoms with Crippen molar-refractivity contribution in [3.05, 3.63) is 12.2 Å². The van der Waals surface area contributed by atoms with Gasteiger partial charge in [-0.15, -0.1) is 0 Å². The van der Waals surface area contributed by atoms with Gasteiger partial charge in [0.2, 0.25) is 0 Å². The van der Waals surface area contributed by atoms with Crippen molar-refractivity contribution in [2.75, 3.05) is 0 Å². The minimum absolute atomic E-state index is 0.170. The molecule has 1 heterocycles. The zero-order valence-electron chi connectivity index (χ0n) is 10.7. The summed E-state index contributed by atoms with van der Waals surface area (Å²) in [6, 6.07) is 0. The SMILES string of the molecule is CCCC1CCC(=O)C(Cc2ncnn2C)C1. The lowest BCUT2D eigenvalue weighted by molar-refractivity contribution is -0.125. The second-order valence-corrected chi connectivity index (χ2v) is 5.10. The molecule has 94 valence electrons. The molecule has 0 bridgehead atoms. The lowest BCUT2D eigenvalue weighted by Crippen LogP contribution is -2.27. The van der Waals surface area contributed by atoms with Crippen LogP contribution in [0.3, 0.4) is 0 Å². The smallest absolute Gasteiger partial charge is 0.138 e. The molecule has 1 aromatic heterocycles. The maximum Gasteiger partial charge on any atom is 0.138 e. The number of nitrogens with zero attached hydrogens (tertiary/aromatic N) is 3. The van der Waals surface area contributed by atoms with E-state index < -0.39 is 0 Å². The van der Waals surface area contributed by atoms with E-state index in [1.54, 1.807) is 11.0 Å². The zero-order chi connectivity index (χ0) is 12.3. The zero-order valence-corrected chi connectivity index (χ0v) is 10.7. The fourth-order valence-corrected chi connectivity index (χ4v) is 2.80. The minimum atomic E-state index is 0.170. The van der Waals surface area contributed by atoms with E-state index in [9.17, 15) is 4.79 Å². The molecule has 1 aromatic rings. The fourth-order valence-electron chi connectivity index (χ4n) is 2.80. The number of aromatic nitrogens is 3. The molecular formula is C13H21N3O. The van der Waals surface area contributed by atoms with Gasteiger partial charge in [0.05, 0.1) is 0 Å². The molecule has 4 nitrogen and oxygen atoms in total. The molecule has 0 aromatic carbocycles. The average molecular weight is 235 g/mol. The first-order valence-electron chi connectivity index (χ1n) is 6.56. The summed E-state index contributed by atoms with van der Waals surface area (Å²) in [6.07, 6.45) is 7.68. The summed E-state index contributed by atoms with van der Waals surface area (Å²) in [5, 5.41) is 4.06. The summed E-state index contributed by atoms with van der Waals surface area (Å²) < 4.78 is 1.77. The van der Waals surface area contributed by atoms with Crippen molar-refractivity contribution < 1.29 is 4.79 Å². The van der Waals surface area contributed by atoms with E-state index in [1.807, 2.05) is 7.05 Å². The summed E-state index contributed by atoms with van der Waals surface area (Å²) in [6.45, 7) is 2.22. The molecule has 1 aliphatic carbocycles. The van der Waals surface area contributed by atoms with Crippen molar-refractivity contribution >= 4 is 5.78 Å². The molecule has 4 heteroatoms. The Morgan fingerprint density at radius 1 is 1.53 bits per heavy atom. The van der Waals surface area contributed by atoms with Gasteiger partial charge < -0.3 is 0 Å². The average Bonchev–Trinajstić information content (AvgIpc) is 2.70. The number of ketones is 1. The third-order valence-corrected chi connectivity index (χ3v) is 3.80. The Morgan fingerprint density at radius 2 is 2.35 bits per heavy atom. The molecule has 0 amide bonds. The maximum atomic E-state index is 11.9. The van der Waals surface area contributed by atoms with Crippen LogP contribution >= 0.6 is 0 Å². The Bertz CT molecular complexity index is 386. The largest absolute Gasteiger partial charge is 0.299 e. The third-order valence-electron chi connectivity index (χ3n) is 3.80. The van der Waals surface area contributed by atoms with Gasteiger partial charge in [-0.1, -0.05) is 19.8 Å². The minimum Gasteiger partial charge on any atom is -0.299 e. The molecule has 0 radical (unpaired) electrons. The Hall–Kier alpha value is -1.19. The van der Waals surface area contributed by atoms with Gasteiger partial charge in [0.1, 0.15) is 17.9 Å². The number of Topliss-reactive ketones (excluding diaryl/α,β-unsaturated/α-hetero) is 1. The Kier molecular flexibility index (Phi) is 3.92. The van der Waals surface area contributed by atoms with E-state index in [4.69, 9.17) is 0 Å². The second kappa shape index (κ2) is 5.43. The van der Waals surface area contributed by atoms with Crippen molar-refractivity contribution in [1.29, 1.82) is 0 Å². The lowest BCUT2D eigenvalue weighted by Gasteiger charge is -2.27. The predicted molar refractivity (Wildman–Crippen MR) is 65.5 cm³/mol. The first-order chi connectivity index (χ1) is 8.20. The van der Waals surface area contributed by atoms with E-state index >= 15 is 0 Å². The summed E-state index contributed by atoms with van der Waals surface area (Å²) in [5.74, 6) is 2.25. The van der Waals surface area contributed by atoms with Gasteiger partial charge in [-0.2, -0.15) is 5.10 Å². The van der Waals surface area contributed by atoms with E-state index in [0.29, 0.717) is 5.78 Å². The molecule has 0 spiro atoms. The van der Waals surface area contributed by atoms with E-state index in [-0.39, 0.29) is 5.92 Å². The van der Waals surface area contributed by atoms with E-state index in [2.05, 4.69) is 17.0 Å². The van der Waals surface area contributed by atoms with Crippen LogP contribution in [0, 0.1) is 11.8 Å². The molecule has 2 rings (SSSR count). The molecular weight excluding hydrogens is 214 g/mol. The summed E-state index contributed by atoms with van der Waals surface area (Å²) in [5.41, 5.74) is 0. The molecule has 17 heavy (non-hydrogen) atoms.